The summed E-state index contributed by atoms with van der Waals surface area (Å²) in [5.74, 6) is 0.740. The average molecular weight is 262 g/mol. The molecule has 0 radical (unpaired) electrons. The topological polar surface area (TPSA) is 36.4 Å². The number of pyridine rings is 1. The molecule has 0 saturated heterocycles. The molecule has 1 aliphatic carbocycles. The molecule has 1 aromatic heterocycles. The molecular weight excluding hydrogens is 236 g/mol. The quantitative estimate of drug-likeness (QED) is 0.886. The summed E-state index contributed by atoms with van der Waals surface area (Å²) in [6.45, 7) is 4.44. The Balaban J connectivity index is 1.94. The van der Waals surface area contributed by atoms with Gasteiger partial charge in [0, 0.05) is 31.3 Å². The summed E-state index contributed by atoms with van der Waals surface area (Å²) in [6.07, 6.45) is 6.70. The first kappa shape index (κ1) is 14.5. The van der Waals surface area contributed by atoms with Crippen molar-refractivity contribution in [1.82, 2.24) is 9.88 Å². The van der Waals surface area contributed by atoms with Gasteiger partial charge in [-0.15, -0.1) is 0 Å². The van der Waals surface area contributed by atoms with E-state index in [9.17, 15) is 5.11 Å². The molecule has 1 saturated carbocycles. The molecular formula is C16H26N2O. The predicted molar refractivity (Wildman–Crippen MR) is 77.7 cm³/mol. The van der Waals surface area contributed by atoms with Gasteiger partial charge in [-0.2, -0.15) is 0 Å². The smallest absolute Gasteiger partial charge is 0.0543 e. The number of rotatable bonds is 5. The number of hydrogen-bond donors (Lipinski definition) is 1. The Morgan fingerprint density at radius 2 is 2.32 bits per heavy atom. The van der Waals surface area contributed by atoms with Gasteiger partial charge in [0.1, 0.15) is 0 Å². The third kappa shape index (κ3) is 4.02. The maximum Gasteiger partial charge on any atom is 0.0543 e. The number of aromatic nitrogens is 1. The Labute approximate surface area is 116 Å². The van der Waals surface area contributed by atoms with Gasteiger partial charge in [0.05, 0.1) is 5.69 Å². The molecule has 2 atom stereocenters. The summed E-state index contributed by atoms with van der Waals surface area (Å²) in [5.41, 5.74) is 1.20. The molecule has 2 unspecified atom stereocenters. The van der Waals surface area contributed by atoms with E-state index in [4.69, 9.17) is 0 Å². The summed E-state index contributed by atoms with van der Waals surface area (Å²) in [4.78, 5) is 6.67. The fourth-order valence-corrected chi connectivity index (χ4v) is 3.50. The minimum absolute atomic E-state index is 0.0984. The maximum atomic E-state index is 9.83. The Morgan fingerprint density at radius 1 is 1.47 bits per heavy atom. The van der Waals surface area contributed by atoms with Crippen LogP contribution in [0.1, 0.15) is 38.3 Å². The molecule has 0 aliphatic heterocycles. The van der Waals surface area contributed by atoms with Crippen molar-refractivity contribution < 1.29 is 5.11 Å². The molecule has 0 spiro atoms. The molecule has 2 rings (SSSR count). The van der Waals surface area contributed by atoms with E-state index in [-0.39, 0.29) is 5.41 Å². The molecule has 3 heteroatoms. The van der Waals surface area contributed by atoms with Gasteiger partial charge in [0.15, 0.2) is 0 Å². The molecule has 1 heterocycles. The molecule has 0 bridgehead atoms. The lowest BCUT2D eigenvalue weighted by Crippen LogP contribution is -2.41. The van der Waals surface area contributed by atoms with Crippen molar-refractivity contribution in [3.63, 3.8) is 0 Å². The molecule has 1 N–H and O–H groups in total. The molecule has 106 valence electrons. The fraction of sp³-hybridized carbons (Fsp3) is 0.688. The summed E-state index contributed by atoms with van der Waals surface area (Å²) in [5, 5.41) is 9.83. The van der Waals surface area contributed by atoms with Gasteiger partial charge in [0.25, 0.3) is 0 Å². The van der Waals surface area contributed by atoms with Gasteiger partial charge in [-0.1, -0.05) is 25.8 Å². The van der Waals surface area contributed by atoms with E-state index < -0.39 is 0 Å². The second-order valence-corrected chi connectivity index (χ2v) is 6.35. The van der Waals surface area contributed by atoms with Gasteiger partial charge in [-0.05, 0) is 37.9 Å². The van der Waals surface area contributed by atoms with Crippen molar-refractivity contribution in [3.8, 4) is 0 Å². The van der Waals surface area contributed by atoms with Gasteiger partial charge in [-0.25, -0.2) is 0 Å². The van der Waals surface area contributed by atoms with Crippen LogP contribution >= 0.6 is 0 Å². The van der Waals surface area contributed by atoms with Crippen molar-refractivity contribution in [1.29, 1.82) is 0 Å². The van der Waals surface area contributed by atoms with Crippen LogP contribution in [0.5, 0.6) is 0 Å². The van der Waals surface area contributed by atoms with E-state index >= 15 is 0 Å². The van der Waals surface area contributed by atoms with Crippen molar-refractivity contribution in [2.45, 2.75) is 39.2 Å². The Morgan fingerprint density at radius 3 is 2.95 bits per heavy atom. The Kier molecular flexibility index (Phi) is 4.94. The first-order valence-electron chi connectivity index (χ1n) is 7.33. The van der Waals surface area contributed by atoms with Crippen molar-refractivity contribution in [2.75, 3.05) is 20.2 Å². The van der Waals surface area contributed by atoms with Gasteiger partial charge < -0.3 is 5.11 Å². The van der Waals surface area contributed by atoms with Crippen LogP contribution in [-0.2, 0) is 6.54 Å². The zero-order valence-corrected chi connectivity index (χ0v) is 12.2. The molecule has 3 nitrogen and oxygen atoms in total. The monoisotopic (exact) mass is 262 g/mol. The van der Waals surface area contributed by atoms with Crippen LogP contribution in [-0.4, -0.2) is 35.2 Å². The first-order valence-corrected chi connectivity index (χ1v) is 7.33. The van der Waals surface area contributed by atoms with Crippen LogP contribution in [0.15, 0.2) is 24.4 Å². The third-order valence-electron chi connectivity index (χ3n) is 4.28. The maximum absolute atomic E-state index is 9.83. The molecule has 19 heavy (non-hydrogen) atoms. The van der Waals surface area contributed by atoms with E-state index in [2.05, 4.69) is 29.9 Å². The zero-order valence-electron chi connectivity index (χ0n) is 12.2. The van der Waals surface area contributed by atoms with Crippen LogP contribution in [0.2, 0.25) is 0 Å². The summed E-state index contributed by atoms with van der Waals surface area (Å²) < 4.78 is 0. The van der Waals surface area contributed by atoms with Crippen LogP contribution in [0.4, 0.5) is 0 Å². The van der Waals surface area contributed by atoms with E-state index in [0.29, 0.717) is 6.61 Å². The van der Waals surface area contributed by atoms with E-state index in [0.717, 1.165) is 37.5 Å². The summed E-state index contributed by atoms with van der Waals surface area (Å²) in [6, 6.07) is 6.04. The normalized spacial score (nSPS) is 27.7. The van der Waals surface area contributed by atoms with Crippen molar-refractivity contribution in [2.24, 2.45) is 11.3 Å². The van der Waals surface area contributed by atoms with E-state index in [1.54, 1.807) is 0 Å². The van der Waals surface area contributed by atoms with Gasteiger partial charge in [0.2, 0.25) is 0 Å². The third-order valence-corrected chi connectivity index (χ3v) is 4.28. The van der Waals surface area contributed by atoms with Crippen molar-refractivity contribution in [3.05, 3.63) is 30.1 Å². The number of aliphatic hydroxyl groups is 1. The minimum Gasteiger partial charge on any atom is -0.396 e. The lowest BCUT2D eigenvalue weighted by molar-refractivity contribution is 0.0287. The van der Waals surface area contributed by atoms with Crippen LogP contribution in [0.3, 0.4) is 0 Å². The fourth-order valence-electron chi connectivity index (χ4n) is 3.50. The standard InChI is InChI=1S/C16H26N2O/c1-14-6-5-8-16(10-14,13-19)12-18(2)11-15-7-3-4-9-17-15/h3-4,7,9,14,19H,5-6,8,10-13H2,1-2H3. The van der Waals surface area contributed by atoms with Gasteiger partial charge in [-0.3, -0.25) is 9.88 Å². The minimum atomic E-state index is 0.0984. The van der Waals surface area contributed by atoms with Crippen molar-refractivity contribution >= 4 is 0 Å². The van der Waals surface area contributed by atoms with Crippen LogP contribution in [0.25, 0.3) is 0 Å². The molecule has 1 aliphatic rings. The number of aliphatic hydroxyl groups excluding tert-OH is 1. The average Bonchev–Trinajstić information content (AvgIpc) is 2.39. The summed E-state index contributed by atoms with van der Waals surface area (Å²) in [7, 11) is 2.13. The van der Waals surface area contributed by atoms with E-state index in [1.807, 2.05) is 18.3 Å². The first-order chi connectivity index (χ1) is 9.13. The van der Waals surface area contributed by atoms with Crippen LogP contribution in [0, 0.1) is 11.3 Å². The number of hydrogen-bond acceptors (Lipinski definition) is 3. The zero-order chi connectivity index (χ0) is 13.7. The Bertz CT molecular complexity index is 382. The Hall–Kier alpha value is -0.930. The predicted octanol–water partition coefficient (Wildman–Crippen LogP) is 2.70. The van der Waals surface area contributed by atoms with Gasteiger partial charge >= 0.3 is 0 Å². The summed E-state index contributed by atoms with van der Waals surface area (Å²) >= 11 is 0. The largest absolute Gasteiger partial charge is 0.396 e. The lowest BCUT2D eigenvalue weighted by atomic mass is 9.70. The highest BCUT2D eigenvalue weighted by atomic mass is 16.3. The highest BCUT2D eigenvalue weighted by molar-refractivity contribution is 5.03. The van der Waals surface area contributed by atoms with E-state index in [1.165, 1.54) is 12.8 Å². The lowest BCUT2D eigenvalue weighted by Gasteiger charge is -2.41. The highest BCUT2D eigenvalue weighted by Crippen LogP contribution is 2.39. The molecule has 1 fully saturated rings. The molecule has 0 aromatic carbocycles. The highest BCUT2D eigenvalue weighted by Gasteiger charge is 2.35. The molecule has 1 aromatic rings. The second-order valence-electron chi connectivity index (χ2n) is 6.35. The SMILES string of the molecule is CC1CCCC(CO)(CN(C)Cc2ccccn2)C1. The second kappa shape index (κ2) is 6.49. The number of nitrogens with zero attached hydrogens (tertiary/aromatic N) is 2. The molecule has 0 amide bonds. The van der Waals surface area contributed by atoms with Crippen LogP contribution < -0.4 is 0 Å².